The van der Waals surface area contributed by atoms with Crippen molar-refractivity contribution in [1.29, 1.82) is 0 Å². The molecule has 3 aliphatic rings. The fraction of sp³-hybridized carbons (Fsp3) is 0.292. The van der Waals surface area contributed by atoms with Gasteiger partial charge in [0.15, 0.2) is 0 Å². The Labute approximate surface area is 169 Å². The number of allylic oxidation sites excluding steroid dienone is 2. The van der Waals surface area contributed by atoms with E-state index < -0.39 is 0 Å². The second-order valence-electron chi connectivity index (χ2n) is 7.98. The van der Waals surface area contributed by atoms with Gasteiger partial charge in [-0.2, -0.15) is 0 Å². The predicted molar refractivity (Wildman–Crippen MR) is 109 cm³/mol. The lowest BCUT2D eigenvalue weighted by Crippen LogP contribution is -2.37. The molecule has 5 rings (SSSR count). The molecule has 1 saturated carbocycles. The number of imide groups is 1. The maximum atomic E-state index is 13.2. The number of anilines is 2. The summed E-state index contributed by atoms with van der Waals surface area (Å²) in [6, 6.07) is 18.9. The first-order valence-corrected chi connectivity index (χ1v) is 10.1. The smallest absolute Gasteiger partial charge is 0.233 e. The summed E-state index contributed by atoms with van der Waals surface area (Å²) in [6.07, 6.45) is 5.18. The Morgan fingerprint density at radius 1 is 0.828 bits per heavy atom. The van der Waals surface area contributed by atoms with Crippen molar-refractivity contribution < 1.29 is 14.4 Å². The summed E-state index contributed by atoms with van der Waals surface area (Å²) in [4.78, 5) is 41.9. The second kappa shape index (κ2) is 6.99. The van der Waals surface area contributed by atoms with E-state index in [4.69, 9.17) is 0 Å². The summed E-state index contributed by atoms with van der Waals surface area (Å²) in [6.45, 7) is 0.138. The van der Waals surface area contributed by atoms with Crippen molar-refractivity contribution in [2.24, 2.45) is 23.7 Å². The van der Waals surface area contributed by atoms with Gasteiger partial charge < -0.3 is 0 Å². The average Bonchev–Trinajstić information content (AvgIpc) is 3.43. The Hall–Kier alpha value is -3.21. The Bertz CT molecular complexity index is 916. The van der Waals surface area contributed by atoms with Gasteiger partial charge in [-0.15, -0.1) is 0 Å². The quantitative estimate of drug-likeness (QED) is 0.583. The molecule has 0 spiro atoms. The standard InChI is InChI=1S/C24H22N2O3/c27-20(26(18-7-3-1-4-8-18)19-9-5-2-6-10-19)13-14-25-23(28)21-16-11-12-17(15-16)22(21)24(25)29/h1-12,16-17,21-22H,13-15H2/t16-,17+,21-,22+. The first-order valence-electron chi connectivity index (χ1n) is 10.1. The van der Waals surface area contributed by atoms with Crippen LogP contribution >= 0.6 is 0 Å². The van der Waals surface area contributed by atoms with Gasteiger partial charge in [0.25, 0.3) is 0 Å². The molecule has 1 saturated heterocycles. The highest BCUT2D eigenvalue weighted by molar-refractivity contribution is 6.07. The van der Waals surface area contributed by atoms with E-state index in [1.807, 2.05) is 60.7 Å². The highest BCUT2D eigenvalue weighted by Crippen LogP contribution is 2.52. The monoisotopic (exact) mass is 386 g/mol. The van der Waals surface area contributed by atoms with Crippen LogP contribution in [0.5, 0.6) is 0 Å². The minimum absolute atomic E-state index is 0.101. The maximum Gasteiger partial charge on any atom is 0.233 e. The number of nitrogens with zero attached hydrogens (tertiary/aromatic N) is 2. The van der Waals surface area contributed by atoms with Gasteiger partial charge in [0, 0.05) is 24.3 Å². The predicted octanol–water partition coefficient (Wildman–Crippen LogP) is 3.55. The lowest BCUT2D eigenvalue weighted by molar-refractivity contribution is -0.140. The summed E-state index contributed by atoms with van der Waals surface area (Å²) in [5.41, 5.74) is 1.53. The molecule has 2 fully saturated rings. The number of hydrogen-bond acceptors (Lipinski definition) is 3. The van der Waals surface area contributed by atoms with Gasteiger partial charge in [-0.05, 0) is 42.5 Å². The molecule has 2 aliphatic carbocycles. The van der Waals surface area contributed by atoms with E-state index in [0.717, 1.165) is 17.8 Å². The number of carbonyl (C=O) groups excluding carboxylic acids is 3. The van der Waals surface area contributed by atoms with E-state index in [1.54, 1.807) is 4.90 Å². The number of amides is 3. The molecule has 5 heteroatoms. The van der Waals surface area contributed by atoms with Crippen LogP contribution in [0, 0.1) is 23.7 Å². The molecule has 5 nitrogen and oxygen atoms in total. The topological polar surface area (TPSA) is 57.7 Å². The number of rotatable bonds is 5. The van der Waals surface area contributed by atoms with E-state index in [2.05, 4.69) is 12.2 Å². The van der Waals surface area contributed by atoms with Crippen molar-refractivity contribution in [3.8, 4) is 0 Å². The summed E-state index contributed by atoms with van der Waals surface area (Å²) in [5, 5.41) is 0. The van der Waals surface area contributed by atoms with Crippen molar-refractivity contribution in [3.63, 3.8) is 0 Å². The molecule has 0 radical (unpaired) electrons. The number of carbonyl (C=O) groups is 3. The summed E-state index contributed by atoms with van der Waals surface area (Å²) in [7, 11) is 0. The normalized spacial score (nSPS) is 26.8. The zero-order valence-electron chi connectivity index (χ0n) is 16.0. The Morgan fingerprint density at radius 2 is 1.31 bits per heavy atom. The van der Waals surface area contributed by atoms with Crippen molar-refractivity contribution in [2.75, 3.05) is 11.4 Å². The molecule has 2 aromatic rings. The SMILES string of the molecule is O=C1[C@@H]2[C@H](C(=O)N1CCC(=O)N(c1ccccc1)c1ccccc1)[C@@H]1C=C[C@H]2C1. The molecule has 0 aromatic heterocycles. The van der Waals surface area contributed by atoms with E-state index in [0.29, 0.717) is 0 Å². The molecule has 4 atom stereocenters. The highest BCUT2D eigenvalue weighted by atomic mass is 16.2. The molecule has 2 bridgehead atoms. The van der Waals surface area contributed by atoms with E-state index in [9.17, 15) is 14.4 Å². The van der Waals surface area contributed by atoms with Crippen molar-refractivity contribution >= 4 is 29.1 Å². The number of benzene rings is 2. The number of para-hydroxylation sites is 2. The molecule has 1 aliphatic heterocycles. The lowest BCUT2D eigenvalue weighted by Gasteiger charge is -2.24. The summed E-state index contributed by atoms with van der Waals surface area (Å²) in [5.74, 6) is -0.397. The number of fused-ring (bicyclic) bond motifs is 5. The van der Waals surface area contributed by atoms with Gasteiger partial charge in [0.1, 0.15) is 0 Å². The van der Waals surface area contributed by atoms with Crippen LogP contribution in [0.3, 0.4) is 0 Å². The second-order valence-corrected chi connectivity index (χ2v) is 7.98. The molecule has 0 unspecified atom stereocenters. The molecule has 29 heavy (non-hydrogen) atoms. The van der Waals surface area contributed by atoms with Crippen LogP contribution in [-0.4, -0.2) is 29.2 Å². The molecular formula is C24H22N2O3. The zero-order chi connectivity index (χ0) is 20.0. The van der Waals surface area contributed by atoms with Crippen LogP contribution in [0.4, 0.5) is 11.4 Å². The first-order chi connectivity index (χ1) is 14.1. The Morgan fingerprint density at radius 3 is 1.79 bits per heavy atom. The first kappa shape index (κ1) is 17.9. The van der Waals surface area contributed by atoms with Gasteiger partial charge in [0.2, 0.25) is 17.7 Å². The Balaban J connectivity index is 1.34. The minimum atomic E-state index is -0.216. The lowest BCUT2D eigenvalue weighted by atomic mass is 9.85. The third-order valence-corrected chi connectivity index (χ3v) is 6.39. The number of hydrogen-bond donors (Lipinski definition) is 0. The van der Waals surface area contributed by atoms with Crippen LogP contribution in [0.25, 0.3) is 0 Å². The van der Waals surface area contributed by atoms with Crippen LogP contribution in [-0.2, 0) is 14.4 Å². The van der Waals surface area contributed by atoms with Crippen molar-refractivity contribution in [1.82, 2.24) is 4.90 Å². The fourth-order valence-electron chi connectivity index (χ4n) is 5.09. The molecule has 0 N–H and O–H groups in total. The van der Waals surface area contributed by atoms with E-state index in [-0.39, 0.29) is 54.4 Å². The van der Waals surface area contributed by atoms with Crippen molar-refractivity contribution in [2.45, 2.75) is 12.8 Å². The third kappa shape index (κ3) is 2.89. The van der Waals surface area contributed by atoms with Crippen LogP contribution < -0.4 is 4.90 Å². The van der Waals surface area contributed by atoms with Gasteiger partial charge >= 0.3 is 0 Å². The fourth-order valence-corrected chi connectivity index (χ4v) is 5.09. The maximum absolute atomic E-state index is 13.2. The van der Waals surface area contributed by atoms with Crippen LogP contribution in [0.1, 0.15) is 12.8 Å². The zero-order valence-corrected chi connectivity index (χ0v) is 16.0. The number of likely N-dealkylation sites (tertiary alicyclic amines) is 1. The summed E-state index contributed by atoms with van der Waals surface area (Å²) >= 11 is 0. The van der Waals surface area contributed by atoms with Crippen LogP contribution in [0.2, 0.25) is 0 Å². The summed E-state index contributed by atoms with van der Waals surface area (Å²) < 4.78 is 0. The molecule has 1 heterocycles. The molecule has 3 amide bonds. The minimum Gasteiger partial charge on any atom is -0.282 e. The van der Waals surface area contributed by atoms with Gasteiger partial charge in [-0.25, -0.2) is 0 Å². The molecular weight excluding hydrogens is 364 g/mol. The van der Waals surface area contributed by atoms with Gasteiger partial charge in [-0.1, -0.05) is 48.6 Å². The molecule has 146 valence electrons. The van der Waals surface area contributed by atoms with E-state index in [1.165, 1.54) is 4.90 Å². The van der Waals surface area contributed by atoms with Gasteiger partial charge in [0.05, 0.1) is 11.8 Å². The van der Waals surface area contributed by atoms with E-state index >= 15 is 0 Å². The largest absolute Gasteiger partial charge is 0.282 e. The Kier molecular flexibility index (Phi) is 4.31. The average molecular weight is 386 g/mol. The third-order valence-electron chi connectivity index (χ3n) is 6.39. The molecule has 2 aromatic carbocycles. The van der Waals surface area contributed by atoms with Gasteiger partial charge in [-0.3, -0.25) is 24.2 Å². The van der Waals surface area contributed by atoms with Crippen LogP contribution in [0.15, 0.2) is 72.8 Å². The highest BCUT2D eigenvalue weighted by Gasteiger charge is 2.59. The van der Waals surface area contributed by atoms with Crippen molar-refractivity contribution in [3.05, 3.63) is 72.8 Å².